The van der Waals surface area contributed by atoms with E-state index >= 15 is 0 Å². The molecule has 0 unspecified atom stereocenters. The van der Waals surface area contributed by atoms with Crippen LogP contribution in [0, 0.1) is 5.92 Å². The van der Waals surface area contributed by atoms with Gasteiger partial charge >= 0.3 is 6.18 Å². The molecule has 2 N–H and O–H groups in total. The fraction of sp³-hybridized carbons (Fsp3) is 0.350. The van der Waals surface area contributed by atoms with Gasteiger partial charge in [-0.1, -0.05) is 0 Å². The Morgan fingerprint density at radius 2 is 2.13 bits per heavy atom. The topological polar surface area (TPSA) is 84.3 Å². The van der Waals surface area contributed by atoms with E-state index in [1.165, 1.54) is 18.4 Å². The lowest BCUT2D eigenvalue weighted by molar-refractivity contribution is -0.138. The Kier molecular flexibility index (Phi) is 5.37. The van der Waals surface area contributed by atoms with Crippen molar-refractivity contribution in [2.24, 2.45) is 5.92 Å². The van der Waals surface area contributed by atoms with Crippen LogP contribution in [0.4, 0.5) is 18.9 Å². The monoisotopic (exact) mass is 437 g/mol. The number of nitrogens with one attached hydrogen (secondary N) is 1. The number of benzene rings is 1. The van der Waals surface area contributed by atoms with E-state index in [-0.39, 0.29) is 18.2 Å². The second kappa shape index (κ2) is 7.84. The van der Waals surface area contributed by atoms with Gasteiger partial charge in [0.05, 0.1) is 33.6 Å². The van der Waals surface area contributed by atoms with Gasteiger partial charge in [0.15, 0.2) is 0 Å². The number of anilines is 1. The fourth-order valence-electron chi connectivity index (χ4n) is 3.50. The van der Waals surface area contributed by atoms with Crippen molar-refractivity contribution >= 4 is 33.1 Å². The Hall–Kier alpha value is -2.72. The minimum Gasteiger partial charge on any atom is -0.494 e. The van der Waals surface area contributed by atoms with Crippen LogP contribution in [0.1, 0.15) is 39.8 Å². The van der Waals surface area contributed by atoms with E-state index < -0.39 is 23.3 Å². The van der Waals surface area contributed by atoms with E-state index in [9.17, 15) is 23.1 Å². The maximum Gasteiger partial charge on any atom is 0.418 e. The third-order valence-electron chi connectivity index (χ3n) is 5.15. The van der Waals surface area contributed by atoms with E-state index in [1.807, 2.05) is 0 Å². The predicted molar refractivity (Wildman–Crippen MR) is 106 cm³/mol. The number of carbonyl (C=O) groups is 1. The number of hydrogen-bond acceptors (Lipinski definition) is 6. The Labute approximate surface area is 173 Å². The summed E-state index contributed by atoms with van der Waals surface area (Å²) in [4.78, 5) is 20.8. The molecule has 10 heteroatoms. The van der Waals surface area contributed by atoms with Gasteiger partial charge in [0.1, 0.15) is 11.4 Å². The second-order valence-electron chi connectivity index (χ2n) is 7.14. The first-order valence-electron chi connectivity index (χ1n) is 9.23. The highest BCUT2D eigenvalue weighted by molar-refractivity contribution is 7.18. The smallest absolute Gasteiger partial charge is 0.418 e. The van der Waals surface area contributed by atoms with Gasteiger partial charge in [-0.25, -0.2) is 4.98 Å². The number of halogens is 3. The van der Waals surface area contributed by atoms with Crippen molar-refractivity contribution in [3.05, 3.63) is 46.7 Å². The summed E-state index contributed by atoms with van der Waals surface area (Å²) in [5.41, 5.74) is -0.885. The van der Waals surface area contributed by atoms with Gasteiger partial charge in [0.25, 0.3) is 5.91 Å². The Morgan fingerprint density at radius 3 is 2.80 bits per heavy atom. The number of amides is 1. The molecule has 0 atom stereocenters. The summed E-state index contributed by atoms with van der Waals surface area (Å²) in [5, 5.41) is 12.6. The average molecular weight is 437 g/mol. The lowest BCUT2D eigenvalue weighted by Gasteiger charge is -2.32. The van der Waals surface area contributed by atoms with Crippen molar-refractivity contribution in [3.63, 3.8) is 0 Å². The number of fused-ring (bicyclic) bond motifs is 1. The highest BCUT2D eigenvalue weighted by atomic mass is 32.1. The number of aliphatic hydroxyl groups excluding tert-OH is 1. The van der Waals surface area contributed by atoms with Gasteiger partial charge < -0.3 is 15.2 Å². The summed E-state index contributed by atoms with van der Waals surface area (Å²) in [5.74, 6) is -0.104. The Balaban J connectivity index is 1.63. The second-order valence-corrected chi connectivity index (χ2v) is 8.20. The number of aliphatic hydroxyl groups is 1. The van der Waals surface area contributed by atoms with Gasteiger partial charge in [-0.15, -0.1) is 11.3 Å². The molecule has 0 spiro atoms. The minimum absolute atomic E-state index is 0.166. The van der Waals surface area contributed by atoms with Crippen LogP contribution < -0.4 is 10.1 Å². The molecule has 6 nitrogen and oxygen atoms in total. The summed E-state index contributed by atoms with van der Waals surface area (Å²) < 4.78 is 45.7. The molecule has 2 heterocycles. The van der Waals surface area contributed by atoms with Gasteiger partial charge in [-0.05, 0) is 37.0 Å². The van der Waals surface area contributed by atoms with Crippen molar-refractivity contribution in [3.8, 4) is 5.75 Å². The first-order valence-corrected chi connectivity index (χ1v) is 10.0. The van der Waals surface area contributed by atoms with Crippen LogP contribution in [0.5, 0.6) is 5.75 Å². The molecule has 4 rings (SSSR count). The van der Waals surface area contributed by atoms with Crippen LogP contribution in [0.3, 0.4) is 0 Å². The van der Waals surface area contributed by atoms with Crippen molar-refractivity contribution in [2.75, 3.05) is 19.0 Å². The van der Waals surface area contributed by atoms with Gasteiger partial charge in [0.2, 0.25) is 0 Å². The highest BCUT2D eigenvalue weighted by Gasteiger charge is 2.36. The van der Waals surface area contributed by atoms with Crippen LogP contribution in [0.25, 0.3) is 10.2 Å². The third kappa shape index (κ3) is 3.84. The zero-order valence-electron chi connectivity index (χ0n) is 15.9. The van der Waals surface area contributed by atoms with E-state index in [0.717, 1.165) is 40.9 Å². The van der Waals surface area contributed by atoms with Crippen molar-refractivity contribution in [1.29, 1.82) is 0 Å². The van der Waals surface area contributed by atoms with E-state index in [1.54, 1.807) is 12.1 Å². The van der Waals surface area contributed by atoms with Gasteiger partial charge in [-0.3, -0.25) is 9.78 Å². The molecular formula is C20H18F3N3O3S. The van der Waals surface area contributed by atoms with Gasteiger partial charge in [0, 0.05) is 24.8 Å². The zero-order valence-corrected chi connectivity index (χ0v) is 16.7. The minimum atomic E-state index is -4.70. The zero-order chi connectivity index (χ0) is 21.5. The van der Waals surface area contributed by atoms with Crippen LogP contribution in [0.15, 0.2) is 30.5 Å². The van der Waals surface area contributed by atoms with Crippen LogP contribution in [-0.2, 0) is 6.18 Å². The van der Waals surface area contributed by atoms with Crippen LogP contribution in [0.2, 0.25) is 0 Å². The average Bonchev–Trinajstić information content (AvgIpc) is 3.08. The molecule has 1 saturated carbocycles. The lowest BCUT2D eigenvalue weighted by Crippen LogP contribution is -2.24. The molecule has 1 aliphatic carbocycles. The Bertz CT molecular complexity index is 1090. The van der Waals surface area contributed by atoms with Gasteiger partial charge in [-0.2, -0.15) is 13.2 Å². The molecule has 2 aromatic heterocycles. The predicted octanol–water partition coefficient (Wildman–Crippen LogP) is 4.46. The molecule has 0 aliphatic heterocycles. The maximum absolute atomic E-state index is 13.2. The number of carbonyl (C=O) groups excluding carboxylic acids is 1. The van der Waals surface area contributed by atoms with Crippen molar-refractivity contribution < 1.29 is 27.8 Å². The number of thiazole rings is 1. The van der Waals surface area contributed by atoms with E-state index in [2.05, 4.69) is 15.3 Å². The molecule has 0 radical (unpaired) electrons. The van der Waals surface area contributed by atoms with Crippen molar-refractivity contribution in [1.82, 2.24) is 9.97 Å². The standard InChI is InChI=1S/C20H18F3N3O3S/c1-29-15-7-14-16(30-19(26-14)11-5-10(6-11)9-27)8-13(15)25-18(28)17-12(20(21,22)23)3-2-4-24-17/h2-4,7-8,10-11,27H,5-6,9H2,1H3,(H,25,28). The first-order chi connectivity index (χ1) is 14.3. The molecule has 1 aliphatic rings. The Morgan fingerprint density at radius 1 is 1.37 bits per heavy atom. The number of methoxy groups -OCH3 is 1. The number of alkyl halides is 3. The maximum atomic E-state index is 13.2. The lowest BCUT2D eigenvalue weighted by atomic mass is 9.76. The van der Waals surface area contributed by atoms with E-state index in [4.69, 9.17) is 4.74 Å². The van der Waals surface area contributed by atoms with Crippen molar-refractivity contribution in [2.45, 2.75) is 24.9 Å². The molecule has 158 valence electrons. The molecule has 30 heavy (non-hydrogen) atoms. The highest BCUT2D eigenvalue weighted by Crippen LogP contribution is 2.45. The van der Waals surface area contributed by atoms with Crippen LogP contribution in [-0.4, -0.2) is 34.7 Å². The third-order valence-corrected chi connectivity index (χ3v) is 6.33. The number of ether oxygens (including phenoxy) is 1. The fourth-order valence-corrected chi connectivity index (χ4v) is 4.61. The number of pyridine rings is 1. The number of aromatic nitrogens is 2. The normalized spacial score (nSPS) is 18.8. The molecule has 1 amide bonds. The number of hydrogen-bond donors (Lipinski definition) is 2. The van der Waals surface area contributed by atoms with E-state index in [0.29, 0.717) is 17.2 Å². The summed E-state index contributed by atoms with van der Waals surface area (Å²) in [6.07, 6.45) is -1.82. The molecule has 0 saturated heterocycles. The quantitative estimate of drug-likeness (QED) is 0.616. The molecule has 1 fully saturated rings. The molecular weight excluding hydrogens is 419 g/mol. The first kappa shape index (κ1) is 20.5. The summed E-state index contributed by atoms with van der Waals surface area (Å²) in [7, 11) is 1.41. The SMILES string of the molecule is COc1cc2nc(C3CC(CO)C3)sc2cc1NC(=O)c1ncccc1C(F)(F)F. The largest absolute Gasteiger partial charge is 0.494 e. The molecule has 0 bridgehead atoms. The summed E-state index contributed by atoms with van der Waals surface area (Å²) >= 11 is 1.46. The molecule has 1 aromatic carbocycles. The van der Waals surface area contributed by atoms with Crippen LogP contribution >= 0.6 is 11.3 Å². The molecule has 3 aromatic rings. The number of nitrogens with zero attached hydrogens (tertiary/aromatic N) is 2. The summed E-state index contributed by atoms with van der Waals surface area (Å²) in [6.45, 7) is 0.166. The number of rotatable bonds is 5. The summed E-state index contributed by atoms with van der Waals surface area (Å²) in [6, 6.07) is 5.24.